The van der Waals surface area contributed by atoms with Crippen molar-refractivity contribution >= 4 is 27.9 Å². The molecule has 11 nitrogen and oxygen atoms in total. The van der Waals surface area contributed by atoms with Crippen LogP contribution in [-0.4, -0.2) is 78.5 Å². The Morgan fingerprint density at radius 1 is 1.15 bits per heavy atom. The standard InChI is InChI=1S/C23H30ClF3N4O7S/c1-31(2)9-8-29-39(33,34)30-22(32)37-10-4-5-16-6-7-18(36-12-11-35-3)14-20(16)38-21-19(24)13-17(15-28-21)23(25,26)27/h6-7,13-15,29H,4-5,8-12H2,1-3H3,(H,30,32). The lowest BCUT2D eigenvalue weighted by Gasteiger charge is -2.15. The lowest BCUT2D eigenvalue weighted by Crippen LogP contribution is -2.42. The summed E-state index contributed by atoms with van der Waals surface area (Å²) in [5.74, 6) is 0.357. The number of carbonyl (C=O) groups excluding carboxylic acids is 1. The fourth-order valence-corrected chi connectivity index (χ4v) is 3.85. The number of aromatic nitrogens is 1. The molecule has 1 aromatic carbocycles. The first-order chi connectivity index (χ1) is 18.3. The molecule has 16 heteroatoms. The molecule has 0 aliphatic rings. The highest BCUT2D eigenvalue weighted by molar-refractivity contribution is 7.88. The number of amides is 1. The molecule has 0 spiro atoms. The Bertz CT molecular complexity index is 1200. The number of aryl methyl sites for hydroxylation is 1. The Labute approximate surface area is 229 Å². The summed E-state index contributed by atoms with van der Waals surface area (Å²) in [5.41, 5.74) is -0.448. The lowest BCUT2D eigenvalue weighted by molar-refractivity contribution is -0.137. The van der Waals surface area contributed by atoms with Crippen molar-refractivity contribution in [2.24, 2.45) is 0 Å². The van der Waals surface area contributed by atoms with Crippen LogP contribution in [0.1, 0.15) is 17.5 Å². The van der Waals surface area contributed by atoms with E-state index in [4.69, 9.17) is 30.5 Å². The third kappa shape index (κ3) is 11.8. The van der Waals surface area contributed by atoms with Gasteiger partial charge in [0.25, 0.3) is 0 Å². The molecule has 1 heterocycles. The second-order valence-electron chi connectivity index (χ2n) is 8.26. The summed E-state index contributed by atoms with van der Waals surface area (Å²) in [4.78, 5) is 17.3. The fraction of sp³-hybridized carbons (Fsp3) is 0.478. The molecule has 2 rings (SSSR count). The number of nitrogens with one attached hydrogen (secondary N) is 2. The summed E-state index contributed by atoms with van der Waals surface area (Å²) in [6.45, 7) is 0.962. The van der Waals surface area contributed by atoms with E-state index in [1.165, 1.54) is 13.2 Å². The number of hydrogen-bond donors (Lipinski definition) is 2. The van der Waals surface area contributed by atoms with Crippen LogP contribution in [0.2, 0.25) is 5.02 Å². The van der Waals surface area contributed by atoms with E-state index in [1.54, 1.807) is 35.9 Å². The fourth-order valence-electron chi connectivity index (χ4n) is 2.94. The number of carbonyl (C=O) groups is 1. The van der Waals surface area contributed by atoms with Crippen molar-refractivity contribution in [1.82, 2.24) is 19.3 Å². The van der Waals surface area contributed by atoms with Crippen LogP contribution in [0.25, 0.3) is 0 Å². The molecule has 0 fully saturated rings. The average Bonchev–Trinajstić information content (AvgIpc) is 2.83. The highest BCUT2D eigenvalue weighted by atomic mass is 35.5. The van der Waals surface area contributed by atoms with E-state index < -0.39 is 28.0 Å². The third-order valence-corrected chi connectivity index (χ3v) is 6.12. The lowest BCUT2D eigenvalue weighted by atomic mass is 10.1. The van der Waals surface area contributed by atoms with E-state index in [9.17, 15) is 26.4 Å². The number of halogens is 4. The number of benzene rings is 1. The molecule has 1 aromatic heterocycles. The van der Waals surface area contributed by atoms with Crippen LogP contribution < -0.4 is 18.9 Å². The van der Waals surface area contributed by atoms with Crippen LogP contribution in [0.15, 0.2) is 30.5 Å². The first-order valence-electron chi connectivity index (χ1n) is 11.5. The number of likely N-dealkylation sites (N-methyl/N-ethyl adjacent to an activating group) is 1. The topological polar surface area (TPSA) is 128 Å². The van der Waals surface area contributed by atoms with Gasteiger partial charge in [-0.3, -0.25) is 0 Å². The number of alkyl halides is 3. The number of methoxy groups -OCH3 is 1. The minimum atomic E-state index is -4.62. The number of ether oxygens (including phenoxy) is 4. The van der Waals surface area contributed by atoms with E-state index in [1.807, 2.05) is 0 Å². The van der Waals surface area contributed by atoms with Gasteiger partial charge in [-0.1, -0.05) is 17.7 Å². The van der Waals surface area contributed by atoms with Crippen molar-refractivity contribution in [1.29, 1.82) is 0 Å². The smallest absolute Gasteiger partial charge is 0.421 e. The molecule has 0 aliphatic heterocycles. The molecule has 0 aliphatic carbocycles. The zero-order chi connectivity index (χ0) is 29.1. The number of pyridine rings is 1. The van der Waals surface area contributed by atoms with Crippen molar-refractivity contribution in [3.8, 4) is 17.4 Å². The van der Waals surface area contributed by atoms with Crippen molar-refractivity contribution in [2.45, 2.75) is 19.0 Å². The van der Waals surface area contributed by atoms with Gasteiger partial charge in [-0.15, -0.1) is 0 Å². The number of rotatable bonds is 15. The largest absolute Gasteiger partial charge is 0.491 e. The van der Waals surface area contributed by atoms with Crippen molar-refractivity contribution in [2.75, 3.05) is 54.1 Å². The van der Waals surface area contributed by atoms with E-state index in [0.717, 1.165) is 0 Å². The quantitative estimate of drug-likeness (QED) is 0.295. The maximum absolute atomic E-state index is 13.0. The molecule has 0 saturated heterocycles. The number of nitrogens with zero attached hydrogens (tertiary/aromatic N) is 2. The van der Waals surface area contributed by atoms with Crippen LogP contribution in [-0.2, 0) is 32.3 Å². The van der Waals surface area contributed by atoms with Gasteiger partial charge in [0.1, 0.15) is 23.1 Å². The first kappa shape index (κ1) is 32.4. The molecule has 0 bridgehead atoms. The second kappa shape index (κ2) is 15.1. The summed E-state index contributed by atoms with van der Waals surface area (Å²) >= 11 is 5.99. The minimum absolute atomic E-state index is 0.0986. The van der Waals surface area contributed by atoms with Crippen molar-refractivity contribution < 1.29 is 45.3 Å². The minimum Gasteiger partial charge on any atom is -0.491 e. The van der Waals surface area contributed by atoms with Gasteiger partial charge in [-0.25, -0.2) is 14.5 Å². The Morgan fingerprint density at radius 2 is 1.90 bits per heavy atom. The normalized spacial score (nSPS) is 11.9. The molecule has 39 heavy (non-hydrogen) atoms. The summed E-state index contributed by atoms with van der Waals surface area (Å²) in [6.07, 6.45) is -4.62. The zero-order valence-corrected chi connectivity index (χ0v) is 23.1. The van der Waals surface area contributed by atoms with Crippen molar-refractivity contribution in [3.63, 3.8) is 0 Å². The Morgan fingerprint density at radius 3 is 2.54 bits per heavy atom. The van der Waals surface area contributed by atoms with Gasteiger partial charge in [-0.05, 0) is 44.6 Å². The van der Waals surface area contributed by atoms with Gasteiger partial charge in [0.05, 0.1) is 18.8 Å². The van der Waals surface area contributed by atoms with Crippen LogP contribution in [0.3, 0.4) is 0 Å². The monoisotopic (exact) mass is 598 g/mol. The van der Waals surface area contributed by atoms with Gasteiger partial charge < -0.3 is 23.8 Å². The molecule has 0 unspecified atom stereocenters. The van der Waals surface area contributed by atoms with Crippen molar-refractivity contribution in [3.05, 3.63) is 46.6 Å². The predicted molar refractivity (Wildman–Crippen MR) is 136 cm³/mol. The molecule has 2 aromatic rings. The Balaban J connectivity index is 2.04. The second-order valence-corrected chi connectivity index (χ2v) is 10.2. The zero-order valence-electron chi connectivity index (χ0n) is 21.5. The first-order valence-corrected chi connectivity index (χ1v) is 13.4. The van der Waals surface area contributed by atoms with Gasteiger partial charge >= 0.3 is 22.5 Å². The SMILES string of the molecule is COCCOc1ccc(CCCOC(=O)NS(=O)(=O)NCCN(C)C)c(Oc2ncc(C(F)(F)F)cc2Cl)c1. The van der Waals surface area contributed by atoms with Crippen LogP contribution in [0.5, 0.6) is 17.4 Å². The van der Waals surface area contributed by atoms with E-state index in [0.29, 0.717) is 36.7 Å². The molecular weight excluding hydrogens is 569 g/mol. The summed E-state index contributed by atoms with van der Waals surface area (Å²) in [5, 5.41) is -0.345. The summed E-state index contributed by atoms with van der Waals surface area (Å²) < 4.78 is 87.7. The molecular formula is C23H30ClF3N4O7S. The molecule has 218 valence electrons. The van der Waals surface area contributed by atoms with Crippen LogP contribution >= 0.6 is 11.6 Å². The molecule has 1 amide bonds. The average molecular weight is 599 g/mol. The summed E-state index contributed by atoms with van der Waals surface area (Å²) in [7, 11) is 0.975. The highest BCUT2D eigenvalue weighted by Gasteiger charge is 2.32. The van der Waals surface area contributed by atoms with Crippen LogP contribution in [0.4, 0.5) is 18.0 Å². The maximum atomic E-state index is 13.0. The Kier molecular flexibility index (Phi) is 12.5. The molecule has 0 saturated carbocycles. The van der Waals surface area contributed by atoms with E-state index in [2.05, 4.69) is 9.71 Å². The highest BCUT2D eigenvalue weighted by Crippen LogP contribution is 2.36. The van der Waals surface area contributed by atoms with E-state index in [-0.39, 0.29) is 49.3 Å². The van der Waals surface area contributed by atoms with Crippen LogP contribution in [0, 0.1) is 0 Å². The van der Waals surface area contributed by atoms with Gasteiger partial charge in [0.2, 0.25) is 5.88 Å². The van der Waals surface area contributed by atoms with Gasteiger partial charge in [0, 0.05) is 32.5 Å². The maximum Gasteiger partial charge on any atom is 0.421 e. The van der Waals surface area contributed by atoms with Gasteiger partial charge in [-0.2, -0.15) is 26.3 Å². The predicted octanol–water partition coefficient (Wildman–Crippen LogP) is 3.63. The van der Waals surface area contributed by atoms with Gasteiger partial charge in [0.15, 0.2) is 0 Å². The molecule has 0 radical (unpaired) electrons. The number of hydrogen-bond acceptors (Lipinski definition) is 9. The summed E-state index contributed by atoms with van der Waals surface area (Å²) in [6, 6.07) is 5.53. The Hall–Kier alpha value is -2.85. The third-order valence-electron chi connectivity index (χ3n) is 4.83. The molecule has 0 atom stereocenters. The molecule has 2 N–H and O–H groups in total. The van der Waals surface area contributed by atoms with E-state index >= 15 is 0 Å².